The number of rotatable bonds is 6. The van der Waals surface area contributed by atoms with Crippen molar-refractivity contribution in [3.05, 3.63) is 35.4 Å². The molecule has 1 N–H and O–H groups in total. The number of hydrogen-bond acceptors (Lipinski definition) is 3. The van der Waals surface area contributed by atoms with E-state index in [1.807, 2.05) is 6.92 Å². The van der Waals surface area contributed by atoms with Crippen LogP contribution < -0.4 is 0 Å². The first-order valence-corrected chi connectivity index (χ1v) is 8.17. The molecule has 0 aromatic heterocycles. The molecule has 2 atom stereocenters. The molecule has 1 aliphatic rings. The van der Waals surface area contributed by atoms with Crippen molar-refractivity contribution in [3.63, 3.8) is 0 Å². The zero-order valence-corrected chi connectivity index (χ0v) is 13.8. The second-order valence-corrected chi connectivity index (χ2v) is 6.15. The van der Waals surface area contributed by atoms with Gasteiger partial charge >= 0.3 is 5.97 Å². The zero-order chi connectivity index (χ0) is 16.8. The van der Waals surface area contributed by atoms with Gasteiger partial charge in [0.15, 0.2) is 0 Å². The van der Waals surface area contributed by atoms with E-state index in [-0.39, 0.29) is 18.2 Å². The molecule has 1 heterocycles. The van der Waals surface area contributed by atoms with Crippen LogP contribution in [0.1, 0.15) is 43.2 Å². The van der Waals surface area contributed by atoms with E-state index in [9.17, 15) is 9.59 Å². The van der Waals surface area contributed by atoms with Crippen LogP contribution in [0, 0.1) is 6.92 Å². The minimum Gasteiger partial charge on any atom is -0.481 e. The summed E-state index contributed by atoms with van der Waals surface area (Å²) in [5.74, 6) is -0.615. The van der Waals surface area contributed by atoms with E-state index >= 15 is 0 Å². The highest BCUT2D eigenvalue weighted by molar-refractivity contribution is 5.77. The predicted octanol–water partition coefficient (Wildman–Crippen LogP) is 2.58. The van der Waals surface area contributed by atoms with Gasteiger partial charge in [-0.05, 0) is 24.8 Å². The summed E-state index contributed by atoms with van der Waals surface area (Å²) in [6, 6.07) is 8.31. The number of carbonyl (C=O) groups excluding carboxylic acids is 1. The maximum Gasteiger partial charge on any atom is 0.306 e. The van der Waals surface area contributed by atoms with Crippen LogP contribution >= 0.6 is 0 Å². The van der Waals surface area contributed by atoms with Crippen molar-refractivity contribution in [2.75, 3.05) is 19.7 Å². The smallest absolute Gasteiger partial charge is 0.306 e. The lowest BCUT2D eigenvalue weighted by molar-refractivity contribution is -0.147. The zero-order valence-electron chi connectivity index (χ0n) is 13.8. The van der Waals surface area contributed by atoms with Crippen LogP contribution in [0.3, 0.4) is 0 Å². The van der Waals surface area contributed by atoms with E-state index in [2.05, 4.69) is 31.2 Å². The second-order valence-electron chi connectivity index (χ2n) is 6.15. The molecule has 23 heavy (non-hydrogen) atoms. The third-order valence-corrected chi connectivity index (χ3v) is 4.36. The number of ether oxygens (including phenoxy) is 1. The number of carboxylic acids is 1. The number of amides is 1. The number of morpholine rings is 1. The molecule has 5 nitrogen and oxygen atoms in total. The topological polar surface area (TPSA) is 66.8 Å². The highest BCUT2D eigenvalue weighted by Gasteiger charge is 2.27. The van der Waals surface area contributed by atoms with E-state index in [1.54, 1.807) is 4.90 Å². The lowest BCUT2D eigenvalue weighted by atomic mass is 9.92. The van der Waals surface area contributed by atoms with Crippen LogP contribution in [-0.2, 0) is 14.3 Å². The summed E-state index contributed by atoms with van der Waals surface area (Å²) in [6.07, 6.45) is 0.903. The first-order chi connectivity index (χ1) is 11.0. The molecule has 1 saturated heterocycles. The first kappa shape index (κ1) is 17.5. The molecule has 5 heteroatoms. The van der Waals surface area contributed by atoms with Crippen molar-refractivity contribution in [1.82, 2.24) is 4.90 Å². The Morgan fingerprint density at radius 1 is 1.35 bits per heavy atom. The van der Waals surface area contributed by atoms with Gasteiger partial charge in [0.25, 0.3) is 0 Å². The molecule has 2 rings (SSSR count). The van der Waals surface area contributed by atoms with Gasteiger partial charge in [-0.2, -0.15) is 0 Å². The Labute approximate surface area is 137 Å². The fraction of sp³-hybridized carbons (Fsp3) is 0.556. The fourth-order valence-corrected chi connectivity index (χ4v) is 2.94. The average Bonchev–Trinajstić information content (AvgIpc) is 2.53. The number of carboxylic acid groups (broad SMARTS) is 1. The largest absolute Gasteiger partial charge is 0.481 e. The maximum atomic E-state index is 12.6. The van der Waals surface area contributed by atoms with Gasteiger partial charge in [0, 0.05) is 19.5 Å². The van der Waals surface area contributed by atoms with Crippen molar-refractivity contribution in [2.24, 2.45) is 0 Å². The van der Waals surface area contributed by atoms with Crippen LogP contribution in [0.4, 0.5) is 0 Å². The predicted molar refractivity (Wildman–Crippen MR) is 87.4 cm³/mol. The third-order valence-electron chi connectivity index (χ3n) is 4.36. The summed E-state index contributed by atoms with van der Waals surface area (Å²) < 4.78 is 5.42. The summed E-state index contributed by atoms with van der Waals surface area (Å²) in [4.78, 5) is 25.1. The molecule has 0 bridgehead atoms. The van der Waals surface area contributed by atoms with Crippen molar-refractivity contribution in [3.8, 4) is 0 Å². The van der Waals surface area contributed by atoms with Crippen LogP contribution in [0.15, 0.2) is 24.3 Å². The van der Waals surface area contributed by atoms with Gasteiger partial charge < -0.3 is 14.7 Å². The van der Waals surface area contributed by atoms with Gasteiger partial charge in [-0.25, -0.2) is 0 Å². The molecular formula is C18H25NO4. The first-order valence-electron chi connectivity index (χ1n) is 8.17. The number of carbonyl (C=O) groups is 2. The summed E-state index contributed by atoms with van der Waals surface area (Å²) in [6.45, 7) is 5.45. The van der Waals surface area contributed by atoms with Gasteiger partial charge in [0.1, 0.15) is 0 Å². The fourth-order valence-electron chi connectivity index (χ4n) is 2.94. The number of hydrogen-bond donors (Lipinski definition) is 1. The summed E-state index contributed by atoms with van der Waals surface area (Å²) in [5, 5.41) is 8.86. The van der Waals surface area contributed by atoms with Gasteiger partial charge in [-0.3, -0.25) is 9.59 Å². The monoisotopic (exact) mass is 319 g/mol. The van der Waals surface area contributed by atoms with E-state index in [1.165, 1.54) is 11.1 Å². The maximum absolute atomic E-state index is 12.6. The Morgan fingerprint density at radius 2 is 2.04 bits per heavy atom. The molecule has 1 aromatic carbocycles. The van der Waals surface area contributed by atoms with Gasteiger partial charge in [0.2, 0.25) is 5.91 Å². The Morgan fingerprint density at radius 3 is 2.65 bits per heavy atom. The lowest BCUT2D eigenvalue weighted by Crippen LogP contribution is -2.46. The summed E-state index contributed by atoms with van der Waals surface area (Å²) in [5.41, 5.74) is 2.39. The third kappa shape index (κ3) is 5.06. The summed E-state index contributed by atoms with van der Waals surface area (Å²) >= 11 is 0. The van der Waals surface area contributed by atoms with Crippen molar-refractivity contribution in [1.29, 1.82) is 0 Å². The Kier molecular flexibility index (Phi) is 6.16. The molecule has 2 unspecified atom stereocenters. The van der Waals surface area contributed by atoms with Gasteiger partial charge in [-0.15, -0.1) is 0 Å². The number of aryl methyl sites for hydroxylation is 1. The molecule has 0 saturated carbocycles. The van der Waals surface area contributed by atoms with Crippen molar-refractivity contribution < 1.29 is 19.4 Å². The average molecular weight is 319 g/mol. The Balaban J connectivity index is 1.96. The standard InChI is InChI=1S/C18H25NO4/c1-3-14(15-6-4-13(2)5-7-15)10-17(20)19-8-9-23-16(12-19)11-18(21)22/h4-7,14,16H,3,8-12H2,1-2H3,(H,21,22). The molecular weight excluding hydrogens is 294 g/mol. The van der Waals surface area contributed by atoms with E-state index in [0.717, 1.165) is 6.42 Å². The SMILES string of the molecule is CCC(CC(=O)N1CCOC(CC(=O)O)C1)c1ccc(C)cc1. The molecule has 0 aliphatic carbocycles. The molecule has 1 aliphatic heterocycles. The van der Waals surface area contributed by atoms with Crippen molar-refractivity contribution in [2.45, 2.75) is 45.1 Å². The minimum absolute atomic E-state index is 0.0566. The number of nitrogens with zero attached hydrogens (tertiary/aromatic N) is 1. The van der Waals surface area contributed by atoms with E-state index in [4.69, 9.17) is 9.84 Å². The normalized spacial score (nSPS) is 19.4. The second kappa shape index (κ2) is 8.11. The lowest BCUT2D eigenvalue weighted by Gasteiger charge is -2.33. The molecule has 0 spiro atoms. The quantitative estimate of drug-likeness (QED) is 0.875. The van der Waals surface area contributed by atoms with Gasteiger partial charge in [-0.1, -0.05) is 36.8 Å². The van der Waals surface area contributed by atoms with Crippen molar-refractivity contribution >= 4 is 11.9 Å². The van der Waals surface area contributed by atoms with E-state index in [0.29, 0.717) is 26.1 Å². The summed E-state index contributed by atoms with van der Waals surface area (Å²) in [7, 11) is 0. The molecule has 1 fully saturated rings. The minimum atomic E-state index is -0.893. The molecule has 1 aromatic rings. The van der Waals surface area contributed by atoms with Crippen LogP contribution in [0.2, 0.25) is 0 Å². The van der Waals surface area contributed by atoms with Crippen LogP contribution in [0.25, 0.3) is 0 Å². The Bertz CT molecular complexity index is 540. The highest BCUT2D eigenvalue weighted by Crippen LogP contribution is 2.25. The molecule has 126 valence electrons. The van der Waals surface area contributed by atoms with Crippen LogP contribution in [0.5, 0.6) is 0 Å². The Hall–Kier alpha value is -1.88. The number of benzene rings is 1. The number of aliphatic carboxylic acids is 1. The molecule has 0 radical (unpaired) electrons. The van der Waals surface area contributed by atoms with E-state index < -0.39 is 12.1 Å². The van der Waals surface area contributed by atoms with Gasteiger partial charge in [0.05, 0.1) is 19.1 Å². The van der Waals surface area contributed by atoms with Crippen LogP contribution in [-0.4, -0.2) is 47.7 Å². The highest BCUT2D eigenvalue weighted by atomic mass is 16.5. The molecule has 1 amide bonds.